The minimum atomic E-state index is -0.712. The molecule has 0 aromatic carbocycles. The topological polar surface area (TPSA) is 95.8 Å². The molecule has 7 nitrogen and oxygen atoms in total. The second kappa shape index (κ2) is 5.63. The SMILES string of the molecule is CC(C)(C)n1ncc2c(=O)[nH]c(NCC3(O)CCCCC3)nc21. The van der Waals surface area contributed by atoms with Crippen molar-refractivity contribution >= 4 is 17.0 Å². The molecule has 1 aliphatic rings. The molecule has 2 aromatic rings. The molecule has 1 fully saturated rings. The highest BCUT2D eigenvalue weighted by atomic mass is 16.3. The molecular formula is C16H25N5O2. The molecule has 0 spiro atoms. The van der Waals surface area contributed by atoms with Crippen LogP contribution >= 0.6 is 0 Å². The molecule has 0 unspecified atom stereocenters. The molecule has 7 heteroatoms. The van der Waals surface area contributed by atoms with Crippen LogP contribution in [0, 0.1) is 0 Å². The number of anilines is 1. The zero-order chi connectivity index (χ0) is 16.7. The lowest BCUT2D eigenvalue weighted by atomic mass is 9.85. The van der Waals surface area contributed by atoms with Gasteiger partial charge in [0.25, 0.3) is 5.56 Å². The summed E-state index contributed by atoms with van der Waals surface area (Å²) in [6.07, 6.45) is 6.37. The van der Waals surface area contributed by atoms with Gasteiger partial charge >= 0.3 is 0 Å². The molecule has 2 aromatic heterocycles. The minimum Gasteiger partial charge on any atom is -0.388 e. The van der Waals surface area contributed by atoms with E-state index in [1.54, 1.807) is 10.9 Å². The van der Waals surface area contributed by atoms with E-state index in [-0.39, 0.29) is 11.1 Å². The van der Waals surface area contributed by atoms with E-state index in [0.717, 1.165) is 25.7 Å². The largest absolute Gasteiger partial charge is 0.388 e. The molecular weight excluding hydrogens is 294 g/mol. The average Bonchev–Trinajstić information content (AvgIpc) is 2.90. The number of fused-ring (bicyclic) bond motifs is 1. The van der Waals surface area contributed by atoms with Gasteiger partial charge in [0.05, 0.1) is 17.3 Å². The molecule has 1 saturated carbocycles. The first kappa shape index (κ1) is 16.0. The lowest BCUT2D eigenvalue weighted by Gasteiger charge is -2.32. The molecule has 3 N–H and O–H groups in total. The van der Waals surface area contributed by atoms with Gasteiger partial charge in [-0.2, -0.15) is 10.1 Å². The first-order valence-electron chi connectivity index (χ1n) is 8.23. The van der Waals surface area contributed by atoms with E-state index in [1.807, 2.05) is 20.8 Å². The van der Waals surface area contributed by atoms with Gasteiger partial charge in [-0.25, -0.2) is 4.68 Å². The van der Waals surface area contributed by atoms with Crippen molar-refractivity contribution in [2.24, 2.45) is 0 Å². The molecule has 0 bridgehead atoms. The standard InChI is InChI=1S/C16H25N5O2/c1-15(2,3)21-12-11(9-18-21)13(22)20-14(19-12)17-10-16(23)7-5-4-6-8-16/h9,23H,4-8,10H2,1-3H3,(H2,17,19,20,22). The number of nitrogens with zero attached hydrogens (tertiary/aromatic N) is 3. The summed E-state index contributed by atoms with van der Waals surface area (Å²) < 4.78 is 1.75. The smallest absolute Gasteiger partial charge is 0.263 e. The number of H-pyrrole nitrogens is 1. The van der Waals surface area contributed by atoms with E-state index in [2.05, 4.69) is 20.4 Å². The Hall–Kier alpha value is -1.89. The van der Waals surface area contributed by atoms with Crippen LogP contribution in [0.2, 0.25) is 0 Å². The number of aliphatic hydroxyl groups is 1. The molecule has 3 rings (SSSR count). The number of rotatable bonds is 3. The predicted octanol–water partition coefficient (Wildman–Crippen LogP) is 1.98. The van der Waals surface area contributed by atoms with Crippen molar-refractivity contribution in [3.8, 4) is 0 Å². The van der Waals surface area contributed by atoms with Gasteiger partial charge in [-0.05, 0) is 33.6 Å². The quantitative estimate of drug-likeness (QED) is 0.804. The van der Waals surface area contributed by atoms with Crippen molar-refractivity contribution in [3.05, 3.63) is 16.6 Å². The second-order valence-corrected chi connectivity index (χ2v) is 7.52. The Kier molecular flexibility index (Phi) is 3.91. The Bertz CT molecular complexity index is 750. The summed E-state index contributed by atoms with van der Waals surface area (Å²) in [5, 5.41) is 18.4. The van der Waals surface area contributed by atoms with Gasteiger partial charge in [0, 0.05) is 6.54 Å². The van der Waals surface area contributed by atoms with E-state index in [0.29, 0.717) is 23.5 Å². The van der Waals surface area contributed by atoms with Gasteiger partial charge in [0.1, 0.15) is 5.39 Å². The van der Waals surface area contributed by atoms with Gasteiger partial charge in [-0.15, -0.1) is 0 Å². The summed E-state index contributed by atoms with van der Waals surface area (Å²) in [6, 6.07) is 0. The van der Waals surface area contributed by atoms with Crippen LogP contribution in [-0.2, 0) is 5.54 Å². The first-order chi connectivity index (χ1) is 10.8. The predicted molar refractivity (Wildman–Crippen MR) is 89.7 cm³/mol. The highest BCUT2D eigenvalue weighted by Crippen LogP contribution is 2.28. The fourth-order valence-corrected chi connectivity index (χ4v) is 3.13. The number of nitrogens with one attached hydrogen (secondary N) is 2. The van der Waals surface area contributed by atoms with E-state index < -0.39 is 5.60 Å². The fourth-order valence-electron chi connectivity index (χ4n) is 3.13. The summed E-state index contributed by atoms with van der Waals surface area (Å²) in [4.78, 5) is 19.4. The van der Waals surface area contributed by atoms with Gasteiger partial charge in [-0.1, -0.05) is 19.3 Å². The van der Waals surface area contributed by atoms with Crippen molar-refractivity contribution in [1.29, 1.82) is 0 Å². The second-order valence-electron chi connectivity index (χ2n) is 7.52. The Morgan fingerprint density at radius 1 is 1.35 bits per heavy atom. The van der Waals surface area contributed by atoms with E-state index in [1.165, 1.54) is 6.42 Å². The van der Waals surface area contributed by atoms with Gasteiger partial charge in [0.15, 0.2) is 5.65 Å². The normalized spacial score (nSPS) is 18.3. The maximum absolute atomic E-state index is 12.2. The van der Waals surface area contributed by atoms with Gasteiger partial charge in [-0.3, -0.25) is 9.78 Å². The molecule has 0 radical (unpaired) electrons. The number of hydrogen-bond acceptors (Lipinski definition) is 5. The van der Waals surface area contributed by atoms with Crippen LogP contribution in [0.4, 0.5) is 5.95 Å². The first-order valence-corrected chi connectivity index (χ1v) is 8.23. The average molecular weight is 319 g/mol. The Balaban J connectivity index is 1.88. The summed E-state index contributed by atoms with van der Waals surface area (Å²) >= 11 is 0. The molecule has 2 heterocycles. The van der Waals surface area contributed by atoms with Crippen LogP contribution in [0.3, 0.4) is 0 Å². The lowest BCUT2D eigenvalue weighted by Crippen LogP contribution is -2.39. The van der Waals surface area contributed by atoms with Crippen molar-refractivity contribution < 1.29 is 5.11 Å². The maximum atomic E-state index is 12.2. The van der Waals surface area contributed by atoms with Crippen LogP contribution in [0.5, 0.6) is 0 Å². The fraction of sp³-hybridized carbons (Fsp3) is 0.688. The maximum Gasteiger partial charge on any atom is 0.263 e. The minimum absolute atomic E-state index is 0.219. The highest BCUT2D eigenvalue weighted by Gasteiger charge is 2.29. The Morgan fingerprint density at radius 2 is 2.04 bits per heavy atom. The lowest BCUT2D eigenvalue weighted by molar-refractivity contribution is 0.0166. The Labute approximate surface area is 135 Å². The molecule has 0 saturated heterocycles. The summed E-state index contributed by atoms with van der Waals surface area (Å²) in [7, 11) is 0. The molecule has 0 atom stereocenters. The van der Waals surface area contributed by atoms with Crippen molar-refractivity contribution in [1.82, 2.24) is 19.7 Å². The van der Waals surface area contributed by atoms with Crippen LogP contribution in [0.1, 0.15) is 52.9 Å². The number of hydrogen-bond donors (Lipinski definition) is 3. The highest BCUT2D eigenvalue weighted by molar-refractivity contribution is 5.74. The Morgan fingerprint density at radius 3 is 2.70 bits per heavy atom. The van der Waals surface area contributed by atoms with E-state index in [9.17, 15) is 9.90 Å². The third kappa shape index (κ3) is 3.24. The summed E-state index contributed by atoms with van der Waals surface area (Å²) in [5.74, 6) is 0.382. The molecule has 23 heavy (non-hydrogen) atoms. The molecule has 0 aliphatic heterocycles. The summed E-state index contributed by atoms with van der Waals surface area (Å²) in [5.41, 5.74) is -0.639. The van der Waals surface area contributed by atoms with Crippen LogP contribution in [0.25, 0.3) is 11.0 Å². The van der Waals surface area contributed by atoms with Crippen molar-refractivity contribution in [3.63, 3.8) is 0 Å². The summed E-state index contributed by atoms with van der Waals surface area (Å²) in [6.45, 7) is 6.44. The monoisotopic (exact) mass is 319 g/mol. The molecule has 1 aliphatic carbocycles. The van der Waals surface area contributed by atoms with Crippen molar-refractivity contribution in [2.45, 2.75) is 64.0 Å². The zero-order valence-electron chi connectivity index (χ0n) is 14.0. The molecule has 126 valence electrons. The molecule has 0 amide bonds. The number of aromatic amines is 1. The van der Waals surface area contributed by atoms with Gasteiger partial charge < -0.3 is 10.4 Å². The van der Waals surface area contributed by atoms with E-state index in [4.69, 9.17) is 0 Å². The number of aromatic nitrogens is 4. The van der Waals surface area contributed by atoms with Crippen LogP contribution < -0.4 is 10.9 Å². The van der Waals surface area contributed by atoms with Crippen LogP contribution in [-0.4, -0.2) is 37.0 Å². The third-order valence-corrected chi connectivity index (χ3v) is 4.44. The van der Waals surface area contributed by atoms with Gasteiger partial charge in [0.2, 0.25) is 5.95 Å². The third-order valence-electron chi connectivity index (χ3n) is 4.44. The van der Waals surface area contributed by atoms with Crippen molar-refractivity contribution in [2.75, 3.05) is 11.9 Å². The van der Waals surface area contributed by atoms with E-state index >= 15 is 0 Å². The van der Waals surface area contributed by atoms with Crippen LogP contribution in [0.15, 0.2) is 11.0 Å². The zero-order valence-corrected chi connectivity index (χ0v) is 14.0.